The summed E-state index contributed by atoms with van der Waals surface area (Å²) in [6, 6.07) is 8.90. The third kappa shape index (κ3) is 3.87. The Bertz CT molecular complexity index is 595. The first kappa shape index (κ1) is 18.3. The lowest BCUT2D eigenvalue weighted by molar-refractivity contribution is -0.175. The number of ether oxygens (including phenoxy) is 2. The van der Waals surface area contributed by atoms with E-state index in [9.17, 15) is 14.7 Å². The zero-order valence-electron chi connectivity index (χ0n) is 14.6. The molecule has 0 unspecified atom stereocenters. The van der Waals surface area contributed by atoms with Crippen molar-refractivity contribution in [3.63, 3.8) is 0 Å². The highest BCUT2D eigenvalue weighted by atomic mass is 16.6. The van der Waals surface area contributed by atoms with E-state index in [4.69, 9.17) is 9.47 Å². The van der Waals surface area contributed by atoms with E-state index in [1.54, 1.807) is 27.7 Å². The van der Waals surface area contributed by atoms with Crippen LogP contribution in [0.4, 0.5) is 4.79 Å². The number of hydrogen-bond donors (Lipinski definition) is 1. The molecule has 1 saturated heterocycles. The first-order valence-corrected chi connectivity index (χ1v) is 8.02. The molecule has 0 aliphatic carbocycles. The second kappa shape index (κ2) is 6.81. The van der Waals surface area contributed by atoms with Gasteiger partial charge in [-0.25, -0.2) is 9.59 Å². The highest BCUT2D eigenvalue weighted by Gasteiger charge is 2.58. The summed E-state index contributed by atoms with van der Waals surface area (Å²) in [6.45, 7) is 6.82. The van der Waals surface area contributed by atoms with Gasteiger partial charge in [-0.1, -0.05) is 30.3 Å². The number of benzene rings is 1. The predicted molar refractivity (Wildman–Crippen MR) is 88.2 cm³/mol. The van der Waals surface area contributed by atoms with E-state index in [1.165, 1.54) is 4.90 Å². The maximum Gasteiger partial charge on any atom is 0.411 e. The molecule has 132 valence electrons. The first-order valence-electron chi connectivity index (χ1n) is 8.02. The van der Waals surface area contributed by atoms with Gasteiger partial charge in [-0.2, -0.15) is 0 Å². The van der Waals surface area contributed by atoms with Gasteiger partial charge >= 0.3 is 12.1 Å². The van der Waals surface area contributed by atoms with Crippen molar-refractivity contribution in [2.45, 2.75) is 57.9 Å². The fraction of sp³-hybridized carbons (Fsp3) is 0.556. The van der Waals surface area contributed by atoms with Gasteiger partial charge in [0.1, 0.15) is 17.7 Å². The number of hydrogen-bond acceptors (Lipinski definition) is 5. The van der Waals surface area contributed by atoms with Crippen LogP contribution in [0.25, 0.3) is 0 Å². The van der Waals surface area contributed by atoms with Gasteiger partial charge in [0.25, 0.3) is 0 Å². The van der Waals surface area contributed by atoms with E-state index in [2.05, 4.69) is 0 Å². The summed E-state index contributed by atoms with van der Waals surface area (Å²) in [4.78, 5) is 26.2. The quantitative estimate of drug-likeness (QED) is 0.856. The molecule has 1 fully saturated rings. The van der Waals surface area contributed by atoms with Gasteiger partial charge in [-0.05, 0) is 33.3 Å². The molecule has 1 aliphatic heterocycles. The van der Waals surface area contributed by atoms with E-state index in [-0.39, 0.29) is 13.2 Å². The molecular formula is C18H25NO5. The van der Waals surface area contributed by atoms with Crippen LogP contribution in [0.15, 0.2) is 30.3 Å². The van der Waals surface area contributed by atoms with Crippen LogP contribution in [-0.2, 0) is 20.9 Å². The summed E-state index contributed by atoms with van der Waals surface area (Å²) in [5, 5.41) is 9.42. The number of likely N-dealkylation sites (tertiary alicyclic amines) is 1. The molecular weight excluding hydrogens is 310 g/mol. The molecule has 6 heteroatoms. The number of nitrogens with zero attached hydrogens (tertiary/aromatic N) is 1. The van der Waals surface area contributed by atoms with E-state index in [0.717, 1.165) is 5.56 Å². The summed E-state index contributed by atoms with van der Waals surface area (Å²) in [6.07, 6.45) is -0.275. The van der Waals surface area contributed by atoms with Gasteiger partial charge in [0.2, 0.25) is 0 Å². The molecule has 6 nitrogen and oxygen atoms in total. The van der Waals surface area contributed by atoms with Crippen molar-refractivity contribution in [2.75, 3.05) is 6.61 Å². The number of esters is 1. The van der Waals surface area contributed by atoms with Crippen LogP contribution < -0.4 is 0 Å². The molecule has 24 heavy (non-hydrogen) atoms. The number of aliphatic hydroxyl groups is 1. The van der Waals surface area contributed by atoms with Crippen LogP contribution in [0.2, 0.25) is 0 Å². The van der Waals surface area contributed by atoms with E-state index >= 15 is 0 Å². The Labute approximate surface area is 142 Å². The van der Waals surface area contributed by atoms with Gasteiger partial charge in [-0.3, -0.25) is 4.90 Å². The zero-order chi connectivity index (χ0) is 18.0. The number of rotatable bonds is 4. The molecule has 1 aromatic rings. The molecule has 1 heterocycles. The summed E-state index contributed by atoms with van der Waals surface area (Å²) < 4.78 is 10.7. The van der Waals surface area contributed by atoms with Crippen molar-refractivity contribution >= 4 is 12.1 Å². The third-order valence-corrected chi connectivity index (χ3v) is 3.98. The number of amides is 1. The van der Waals surface area contributed by atoms with Crippen LogP contribution in [-0.4, -0.2) is 45.9 Å². The van der Waals surface area contributed by atoms with Gasteiger partial charge in [0.15, 0.2) is 0 Å². The molecule has 0 bridgehead atoms. The average Bonchev–Trinajstić information content (AvgIpc) is 2.48. The van der Waals surface area contributed by atoms with E-state index in [1.807, 2.05) is 30.3 Å². The fourth-order valence-electron chi connectivity index (χ4n) is 2.81. The van der Waals surface area contributed by atoms with Crippen molar-refractivity contribution in [3.8, 4) is 0 Å². The van der Waals surface area contributed by atoms with Crippen LogP contribution in [0, 0.1) is 0 Å². The Hall–Kier alpha value is -2.08. The fourth-order valence-corrected chi connectivity index (χ4v) is 2.81. The SMILES string of the molecule is CC(C)(C)OC(=O)N1[C@H](CO)C[C@]1(C)C(=O)OCc1ccccc1. The highest BCUT2D eigenvalue weighted by molar-refractivity contribution is 5.88. The van der Waals surface area contributed by atoms with Crippen LogP contribution in [0.1, 0.15) is 39.7 Å². The lowest BCUT2D eigenvalue weighted by Crippen LogP contribution is -2.71. The summed E-state index contributed by atoms with van der Waals surface area (Å²) >= 11 is 0. The molecule has 2 atom stereocenters. The van der Waals surface area contributed by atoms with E-state index in [0.29, 0.717) is 6.42 Å². The molecule has 0 saturated carbocycles. The van der Waals surface area contributed by atoms with Crippen molar-refractivity contribution in [3.05, 3.63) is 35.9 Å². The minimum absolute atomic E-state index is 0.140. The monoisotopic (exact) mass is 335 g/mol. The Balaban J connectivity index is 2.05. The maximum atomic E-state index is 12.5. The Morgan fingerprint density at radius 2 is 1.92 bits per heavy atom. The standard InChI is InChI=1S/C18H25NO5/c1-17(2,3)24-16(22)19-14(11-20)10-18(19,4)15(21)23-12-13-8-6-5-7-9-13/h5-9,14,20H,10-12H2,1-4H3/t14-,18+/m0/s1. The second-order valence-electron chi connectivity index (χ2n) is 7.23. The van der Waals surface area contributed by atoms with E-state index < -0.39 is 29.2 Å². The van der Waals surface area contributed by atoms with Gasteiger partial charge in [0, 0.05) is 6.42 Å². The zero-order valence-corrected chi connectivity index (χ0v) is 14.6. The first-order chi connectivity index (χ1) is 11.2. The minimum atomic E-state index is -1.12. The molecule has 1 aromatic carbocycles. The Morgan fingerprint density at radius 1 is 1.29 bits per heavy atom. The van der Waals surface area contributed by atoms with Crippen molar-refractivity contribution in [1.82, 2.24) is 4.90 Å². The molecule has 1 amide bonds. The molecule has 1 aliphatic rings. The Kier molecular flexibility index (Phi) is 5.18. The molecule has 0 aromatic heterocycles. The maximum absolute atomic E-state index is 12.5. The predicted octanol–water partition coefficient (Wildman–Crippen LogP) is 2.49. The lowest BCUT2D eigenvalue weighted by Gasteiger charge is -2.53. The molecule has 2 rings (SSSR count). The number of aliphatic hydroxyl groups excluding tert-OH is 1. The van der Waals surface area contributed by atoms with Crippen molar-refractivity contribution in [1.29, 1.82) is 0 Å². The van der Waals surface area contributed by atoms with Gasteiger partial charge < -0.3 is 14.6 Å². The average molecular weight is 335 g/mol. The smallest absolute Gasteiger partial charge is 0.411 e. The minimum Gasteiger partial charge on any atom is -0.459 e. The van der Waals surface area contributed by atoms with Gasteiger partial charge in [0.05, 0.1) is 12.6 Å². The number of carbonyl (C=O) groups is 2. The topological polar surface area (TPSA) is 76.1 Å². The molecule has 0 radical (unpaired) electrons. The van der Waals surface area contributed by atoms with Gasteiger partial charge in [-0.15, -0.1) is 0 Å². The summed E-state index contributed by atoms with van der Waals surface area (Å²) in [5.74, 6) is -0.498. The Morgan fingerprint density at radius 3 is 2.46 bits per heavy atom. The van der Waals surface area contributed by atoms with Crippen LogP contribution in [0.3, 0.4) is 0 Å². The second-order valence-corrected chi connectivity index (χ2v) is 7.23. The van der Waals surface area contributed by atoms with Crippen molar-refractivity contribution < 1.29 is 24.2 Å². The van der Waals surface area contributed by atoms with Crippen LogP contribution in [0.5, 0.6) is 0 Å². The molecule has 0 spiro atoms. The number of carbonyl (C=O) groups excluding carboxylic acids is 2. The lowest BCUT2D eigenvalue weighted by atomic mass is 9.80. The van der Waals surface area contributed by atoms with Crippen molar-refractivity contribution in [2.24, 2.45) is 0 Å². The van der Waals surface area contributed by atoms with Crippen LogP contribution >= 0.6 is 0 Å². The molecule has 1 N–H and O–H groups in total. The largest absolute Gasteiger partial charge is 0.459 e. The highest BCUT2D eigenvalue weighted by Crippen LogP contribution is 2.38. The summed E-state index contributed by atoms with van der Waals surface area (Å²) in [5.41, 5.74) is -0.928. The third-order valence-electron chi connectivity index (χ3n) is 3.98. The summed E-state index contributed by atoms with van der Waals surface area (Å²) in [7, 11) is 0. The normalized spacial score (nSPS) is 23.4.